The van der Waals surface area contributed by atoms with Crippen LogP contribution in [0.1, 0.15) is 49.8 Å². The van der Waals surface area contributed by atoms with Crippen LogP contribution in [-0.2, 0) is 24.2 Å². The van der Waals surface area contributed by atoms with E-state index in [1.807, 2.05) is 45.9 Å². The molecule has 0 aliphatic carbocycles. The number of benzene rings is 1. The number of carbonyl (C=O) groups is 1. The average Bonchev–Trinajstić information content (AvgIpc) is 3.10. The van der Waals surface area contributed by atoms with E-state index >= 15 is 0 Å². The van der Waals surface area contributed by atoms with Gasteiger partial charge in [0.05, 0.1) is 22.9 Å². The highest BCUT2D eigenvalue weighted by Gasteiger charge is 2.13. The second kappa shape index (κ2) is 13.5. The van der Waals surface area contributed by atoms with Crippen molar-refractivity contribution < 1.29 is 9.32 Å². The SMILES string of the molecule is CCNC(=NCc1c(CC)noc1CC)NCCC(=O)Nc1ccc(C)cc1Cl.I. The fourth-order valence-corrected chi connectivity index (χ4v) is 3.13. The number of carbonyl (C=O) groups excluding carboxylic acids is 1. The molecule has 0 unspecified atom stereocenters. The van der Waals surface area contributed by atoms with E-state index in [-0.39, 0.29) is 29.9 Å². The minimum absolute atomic E-state index is 0. The topological polar surface area (TPSA) is 91.6 Å². The molecular weight excluding hydrogens is 517 g/mol. The van der Waals surface area contributed by atoms with Gasteiger partial charge in [0.25, 0.3) is 0 Å². The van der Waals surface area contributed by atoms with Crippen LogP contribution in [0.25, 0.3) is 0 Å². The predicted molar refractivity (Wildman–Crippen MR) is 133 cm³/mol. The van der Waals surface area contributed by atoms with Gasteiger partial charge < -0.3 is 20.5 Å². The third-order valence-corrected chi connectivity index (χ3v) is 4.70. The molecule has 0 fully saturated rings. The van der Waals surface area contributed by atoms with Gasteiger partial charge in [-0.25, -0.2) is 4.99 Å². The number of nitrogens with zero attached hydrogens (tertiary/aromatic N) is 2. The number of aryl methyl sites for hydroxylation is 3. The molecule has 0 radical (unpaired) electrons. The summed E-state index contributed by atoms with van der Waals surface area (Å²) in [5.74, 6) is 1.41. The molecule has 9 heteroatoms. The Kier molecular flexibility index (Phi) is 11.8. The number of guanidine groups is 1. The highest BCUT2D eigenvalue weighted by atomic mass is 127. The van der Waals surface area contributed by atoms with Gasteiger partial charge in [-0.1, -0.05) is 36.7 Å². The standard InChI is InChI=1S/C21H30ClN5O2.HI/c1-5-17-15(19(6-2)29-27-17)13-25-21(23-7-3)24-11-10-20(28)26-18-9-8-14(4)12-16(18)22;/h8-9,12H,5-7,10-11,13H2,1-4H3,(H,26,28)(H2,23,24,25);1H. The molecule has 0 aliphatic rings. The zero-order valence-electron chi connectivity index (χ0n) is 18.0. The number of hydrogen-bond donors (Lipinski definition) is 3. The van der Waals surface area contributed by atoms with Crippen molar-refractivity contribution in [3.05, 3.63) is 45.8 Å². The number of aromatic nitrogens is 1. The maximum Gasteiger partial charge on any atom is 0.226 e. The molecule has 30 heavy (non-hydrogen) atoms. The first kappa shape index (κ1) is 26.2. The summed E-state index contributed by atoms with van der Waals surface area (Å²) < 4.78 is 5.39. The van der Waals surface area contributed by atoms with Gasteiger partial charge >= 0.3 is 0 Å². The largest absolute Gasteiger partial charge is 0.361 e. The Bertz CT molecular complexity index is 832. The van der Waals surface area contributed by atoms with Crippen LogP contribution in [0.15, 0.2) is 27.7 Å². The van der Waals surface area contributed by atoms with Gasteiger partial charge in [0, 0.05) is 31.5 Å². The van der Waals surface area contributed by atoms with Gasteiger partial charge in [-0.15, -0.1) is 24.0 Å². The van der Waals surface area contributed by atoms with Crippen LogP contribution >= 0.6 is 35.6 Å². The molecule has 2 rings (SSSR count). The van der Waals surface area contributed by atoms with Crippen molar-refractivity contribution >= 4 is 53.1 Å². The molecular formula is C21H31ClIN5O2. The van der Waals surface area contributed by atoms with Crippen LogP contribution in [-0.4, -0.2) is 30.1 Å². The van der Waals surface area contributed by atoms with Crippen molar-refractivity contribution in [2.75, 3.05) is 18.4 Å². The second-order valence-corrected chi connectivity index (χ2v) is 7.05. The summed E-state index contributed by atoms with van der Waals surface area (Å²) in [6.45, 7) is 9.69. The monoisotopic (exact) mass is 547 g/mol. The van der Waals surface area contributed by atoms with Crippen LogP contribution in [0.2, 0.25) is 5.02 Å². The van der Waals surface area contributed by atoms with Crippen molar-refractivity contribution in [3.8, 4) is 0 Å². The second-order valence-electron chi connectivity index (χ2n) is 6.64. The Balaban J connectivity index is 0.00000450. The maximum absolute atomic E-state index is 12.2. The van der Waals surface area contributed by atoms with Gasteiger partial charge in [-0.05, 0) is 38.0 Å². The normalized spacial score (nSPS) is 11.0. The van der Waals surface area contributed by atoms with Crippen LogP contribution in [0.4, 0.5) is 5.69 Å². The summed E-state index contributed by atoms with van der Waals surface area (Å²) in [6, 6.07) is 5.55. The lowest BCUT2D eigenvalue weighted by molar-refractivity contribution is -0.116. The van der Waals surface area contributed by atoms with E-state index in [9.17, 15) is 4.79 Å². The molecule has 0 saturated carbocycles. The van der Waals surface area contributed by atoms with E-state index in [4.69, 9.17) is 16.1 Å². The molecule has 3 N–H and O–H groups in total. The third-order valence-electron chi connectivity index (χ3n) is 4.39. The molecule has 0 aliphatic heterocycles. The summed E-state index contributed by atoms with van der Waals surface area (Å²) >= 11 is 6.17. The first-order chi connectivity index (χ1) is 14.0. The minimum atomic E-state index is -0.111. The maximum atomic E-state index is 12.2. The Hall–Kier alpha value is -1.81. The Morgan fingerprint density at radius 3 is 2.60 bits per heavy atom. The first-order valence-corrected chi connectivity index (χ1v) is 10.4. The Morgan fingerprint density at radius 2 is 1.97 bits per heavy atom. The highest BCUT2D eigenvalue weighted by molar-refractivity contribution is 14.0. The molecule has 0 spiro atoms. The molecule has 1 heterocycles. The van der Waals surface area contributed by atoms with E-state index in [1.165, 1.54) is 0 Å². The van der Waals surface area contributed by atoms with Crippen molar-refractivity contribution in [1.82, 2.24) is 15.8 Å². The van der Waals surface area contributed by atoms with Gasteiger partial charge in [-0.2, -0.15) is 0 Å². The smallest absolute Gasteiger partial charge is 0.226 e. The molecule has 7 nitrogen and oxygen atoms in total. The fourth-order valence-electron chi connectivity index (χ4n) is 2.85. The number of halogens is 2. The van der Waals surface area contributed by atoms with Crippen LogP contribution in [0, 0.1) is 6.92 Å². The number of amides is 1. The molecule has 1 aromatic heterocycles. The van der Waals surface area contributed by atoms with Crippen molar-refractivity contribution in [2.24, 2.45) is 4.99 Å². The molecule has 0 saturated heterocycles. The number of hydrogen-bond acceptors (Lipinski definition) is 4. The van der Waals surface area contributed by atoms with Crippen molar-refractivity contribution in [2.45, 2.75) is 53.5 Å². The van der Waals surface area contributed by atoms with Crippen LogP contribution in [0.3, 0.4) is 0 Å². The molecule has 1 amide bonds. The first-order valence-electron chi connectivity index (χ1n) is 10.0. The zero-order valence-corrected chi connectivity index (χ0v) is 21.1. The lowest BCUT2D eigenvalue weighted by Crippen LogP contribution is -2.38. The molecule has 2 aromatic rings. The van der Waals surface area contributed by atoms with E-state index in [0.717, 1.165) is 42.0 Å². The van der Waals surface area contributed by atoms with Crippen molar-refractivity contribution in [1.29, 1.82) is 0 Å². The summed E-state index contributed by atoms with van der Waals surface area (Å²) in [5.41, 5.74) is 3.65. The quantitative estimate of drug-likeness (QED) is 0.245. The van der Waals surface area contributed by atoms with E-state index in [0.29, 0.717) is 36.2 Å². The predicted octanol–water partition coefficient (Wildman–Crippen LogP) is 4.46. The van der Waals surface area contributed by atoms with E-state index in [2.05, 4.69) is 26.1 Å². The van der Waals surface area contributed by atoms with Gasteiger partial charge in [0.2, 0.25) is 5.91 Å². The zero-order chi connectivity index (χ0) is 21.2. The average molecular weight is 548 g/mol. The van der Waals surface area contributed by atoms with Crippen LogP contribution in [0.5, 0.6) is 0 Å². The lowest BCUT2D eigenvalue weighted by Gasteiger charge is -2.12. The summed E-state index contributed by atoms with van der Waals surface area (Å²) in [7, 11) is 0. The van der Waals surface area contributed by atoms with E-state index < -0.39 is 0 Å². The molecule has 1 aromatic carbocycles. The summed E-state index contributed by atoms with van der Waals surface area (Å²) in [5, 5.41) is 13.9. The van der Waals surface area contributed by atoms with E-state index in [1.54, 1.807) is 0 Å². The van der Waals surface area contributed by atoms with Gasteiger partial charge in [-0.3, -0.25) is 4.79 Å². The third kappa shape index (κ3) is 7.79. The Morgan fingerprint density at radius 1 is 1.20 bits per heavy atom. The molecule has 0 atom stereocenters. The minimum Gasteiger partial charge on any atom is -0.361 e. The lowest BCUT2D eigenvalue weighted by atomic mass is 10.1. The highest BCUT2D eigenvalue weighted by Crippen LogP contribution is 2.22. The molecule has 0 bridgehead atoms. The van der Waals surface area contributed by atoms with Gasteiger partial charge in [0.1, 0.15) is 5.76 Å². The number of nitrogens with one attached hydrogen (secondary N) is 3. The summed E-state index contributed by atoms with van der Waals surface area (Å²) in [4.78, 5) is 16.8. The van der Waals surface area contributed by atoms with Gasteiger partial charge in [0.15, 0.2) is 5.96 Å². The number of anilines is 1. The fraction of sp³-hybridized carbons (Fsp3) is 0.476. The summed E-state index contributed by atoms with van der Waals surface area (Å²) in [6.07, 6.45) is 1.88. The number of aliphatic imine (C=N–C) groups is 1. The number of rotatable bonds is 9. The van der Waals surface area contributed by atoms with Crippen molar-refractivity contribution in [3.63, 3.8) is 0 Å². The van der Waals surface area contributed by atoms with Crippen LogP contribution < -0.4 is 16.0 Å². The molecule has 166 valence electrons. The Labute approximate surface area is 200 Å².